The third-order valence-corrected chi connectivity index (χ3v) is 4.23. The summed E-state index contributed by atoms with van der Waals surface area (Å²) in [6.45, 7) is 8.50. The van der Waals surface area contributed by atoms with Crippen LogP contribution in [0.2, 0.25) is 0 Å². The van der Waals surface area contributed by atoms with Crippen LogP contribution in [0.15, 0.2) is 12.2 Å². The normalized spacial score (nSPS) is 31.9. The molecule has 0 saturated carbocycles. The van der Waals surface area contributed by atoms with E-state index >= 15 is 0 Å². The Balaban J connectivity index is 2.69. The Morgan fingerprint density at radius 2 is 2.33 bits per heavy atom. The van der Waals surface area contributed by atoms with Crippen LogP contribution in [0.5, 0.6) is 0 Å². The first kappa shape index (κ1) is 10.1. The Morgan fingerprint density at radius 3 is 2.67 bits per heavy atom. The van der Waals surface area contributed by atoms with E-state index in [-0.39, 0.29) is 0 Å². The molecular formula is C10H19NS. The predicted octanol–water partition coefficient (Wildman–Crippen LogP) is 2.44. The molecule has 2 heteroatoms. The summed E-state index contributed by atoms with van der Waals surface area (Å²) in [6.07, 6.45) is 2.67. The van der Waals surface area contributed by atoms with E-state index in [1.54, 1.807) is 0 Å². The van der Waals surface area contributed by atoms with Crippen molar-refractivity contribution in [3.8, 4) is 0 Å². The number of thioether (sulfide) groups is 1. The number of nitrogens with one attached hydrogen (secondary N) is 1. The molecule has 0 radical (unpaired) electrons. The molecule has 1 fully saturated rings. The van der Waals surface area contributed by atoms with Gasteiger partial charge in [-0.15, -0.1) is 0 Å². The van der Waals surface area contributed by atoms with Crippen molar-refractivity contribution < 1.29 is 0 Å². The Labute approximate surface area is 80.0 Å². The minimum absolute atomic E-state index is 0.389. The summed E-state index contributed by atoms with van der Waals surface area (Å²) in [5, 5.41) is 3.36. The van der Waals surface area contributed by atoms with Gasteiger partial charge in [0.15, 0.2) is 0 Å². The van der Waals surface area contributed by atoms with Gasteiger partial charge in [-0.05, 0) is 39.5 Å². The SMILES string of the molecule is C=C(C)C(NC)C1(C)CCCS1. The highest BCUT2D eigenvalue weighted by Crippen LogP contribution is 2.41. The Kier molecular flexibility index (Phi) is 3.24. The lowest BCUT2D eigenvalue weighted by molar-refractivity contribution is 0.473. The van der Waals surface area contributed by atoms with Gasteiger partial charge < -0.3 is 5.32 Å². The van der Waals surface area contributed by atoms with E-state index in [1.807, 2.05) is 7.05 Å². The second-order valence-corrected chi connectivity index (χ2v) is 5.46. The van der Waals surface area contributed by atoms with E-state index in [4.69, 9.17) is 0 Å². The highest BCUT2D eigenvalue weighted by atomic mass is 32.2. The quantitative estimate of drug-likeness (QED) is 0.678. The molecule has 12 heavy (non-hydrogen) atoms. The molecule has 0 aromatic carbocycles. The third-order valence-electron chi connectivity index (χ3n) is 2.64. The van der Waals surface area contributed by atoms with Crippen molar-refractivity contribution in [1.82, 2.24) is 5.32 Å². The summed E-state index contributed by atoms with van der Waals surface area (Å²) in [7, 11) is 2.03. The van der Waals surface area contributed by atoms with Crippen LogP contribution in [0.25, 0.3) is 0 Å². The zero-order valence-corrected chi connectivity index (χ0v) is 9.13. The number of rotatable bonds is 3. The molecule has 0 spiro atoms. The first-order chi connectivity index (χ1) is 5.60. The topological polar surface area (TPSA) is 12.0 Å². The fraction of sp³-hybridized carbons (Fsp3) is 0.800. The second kappa shape index (κ2) is 3.84. The van der Waals surface area contributed by atoms with Crippen molar-refractivity contribution in [2.75, 3.05) is 12.8 Å². The van der Waals surface area contributed by atoms with Gasteiger partial charge in [0.05, 0.1) is 0 Å². The second-order valence-electron chi connectivity index (χ2n) is 3.83. The molecule has 1 saturated heterocycles. The minimum atomic E-state index is 0.389. The summed E-state index contributed by atoms with van der Waals surface area (Å²) in [5.41, 5.74) is 1.26. The van der Waals surface area contributed by atoms with E-state index in [9.17, 15) is 0 Å². The molecule has 1 nitrogen and oxygen atoms in total. The highest BCUT2D eigenvalue weighted by molar-refractivity contribution is 8.00. The van der Waals surface area contributed by atoms with Crippen LogP contribution in [-0.2, 0) is 0 Å². The first-order valence-corrected chi connectivity index (χ1v) is 5.55. The van der Waals surface area contributed by atoms with Crippen LogP contribution in [-0.4, -0.2) is 23.6 Å². The molecule has 70 valence electrons. The first-order valence-electron chi connectivity index (χ1n) is 4.57. The van der Waals surface area contributed by atoms with E-state index < -0.39 is 0 Å². The molecule has 0 aromatic rings. The van der Waals surface area contributed by atoms with Crippen LogP contribution in [0.1, 0.15) is 26.7 Å². The summed E-state index contributed by atoms with van der Waals surface area (Å²) in [5.74, 6) is 1.31. The molecule has 2 unspecified atom stereocenters. The molecule has 2 atom stereocenters. The van der Waals surface area contributed by atoms with Crippen molar-refractivity contribution in [1.29, 1.82) is 0 Å². The maximum absolute atomic E-state index is 4.04. The number of hydrogen-bond donors (Lipinski definition) is 1. The van der Waals surface area contributed by atoms with E-state index in [2.05, 4.69) is 37.5 Å². The average Bonchev–Trinajstić information content (AvgIpc) is 2.37. The predicted molar refractivity (Wildman–Crippen MR) is 57.8 cm³/mol. The molecule has 0 aromatic heterocycles. The van der Waals surface area contributed by atoms with Crippen LogP contribution in [0, 0.1) is 0 Å². The van der Waals surface area contributed by atoms with Crippen molar-refractivity contribution >= 4 is 11.8 Å². The summed E-state index contributed by atoms with van der Waals surface area (Å²) < 4.78 is 0.389. The Bertz CT molecular complexity index is 171. The maximum Gasteiger partial charge on any atom is 0.0417 e. The lowest BCUT2D eigenvalue weighted by atomic mass is 9.92. The van der Waals surface area contributed by atoms with Crippen LogP contribution in [0.3, 0.4) is 0 Å². The molecule has 0 bridgehead atoms. The summed E-state index contributed by atoms with van der Waals surface area (Å²) >= 11 is 2.08. The highest BCUT2D eigenvalue weighted by Gasteiger charge is 2.37. The lowest BCUT2D eigenvalue weighted by Crippen LogP contribution is -2.44. The van der Waals surface area contributed by atoms with Gasteiger partial charge in [-0.1, -0.05) is 12.2 Å². The molecule has 1 heterocycles. The standard InChI is InChI=1S/C10H19NS/c1-8(2)9(11-4)10(3)6-5-7-12-10/h9,11H,1,5-7H2,2-4H3. The largest absolute Gasteiger partial charge is 0.312 e. The van der Waals surface area contributed by atoms with Crippen molar-refractivity contribution in [3.63, 3.8) is 0 Å². The molecule has 0 aliphatic carbocycles. The van der Waals surface area contributed by atoms with Crippen LogP contribution < -0.4 is 5.32 Å². The zero-order valence-electron chi connectivity index (χ0n) is 8.31. The fourth-order valence-electron chi connectivity index (χ4n) is 2.10. The fourth-order valence-corrected chi connectivity index (χ4v) is 3.63. The Morgan fingerprint density at radius 1 is 1.67 bits per heavy atom. The average molecular weight is 185 g/mol. The van der Waals surface area contributed by atoms with Gasteiger partial charge in [-0.25, -0.2) is 0 Å². The smallest absolute Gasteiger partial charge is 0.0417 e. The van der Waals surface area contributed by atoms with Gasteiger partial charge in [-0.3, -0.25) is 0 Å². The molecule has 0 amide bonds. The van der Waals surface area contributed by atoms with Crippen molar-refractivity contribution in [2.24, 2.45) is 0 Å². The zero-order chi connectivity index (χ0) is 9.19. The van der Waals surface area contributed by atoms with Gasteiger partial charge in [0.2, 0.25) is 0 Å². The molecule has 1 aliphatic heterocycles. The number of hydrogen-bond acceptors (Lipinski definition) is 2. The molecule has 1 N–H and O–H groups in total. The third kappa shape index (κ3) is 1.86. The minimum Gasteiger partial charge on any atom is -0.312 e. The van der Waals surface area contributed by atoms with Crippen LogP contribution >= 0.6 is 11.8 Å². The molecular weight excluding hydrogens is 166 g/mol. The van der Waals surface area contributed by atoms with Crippen molar-refractivity contribution in [2.45, 2.75) is 37.5 Å². The lowest BCUT2D eigenvalue weighted by Gasteiger charge is -2.33. The Hall–Kier alpha value is 0.0500. The van der Waals surface area contributed by atoms with E-state index in [0.29, 0.717) is 10.8 Å². The summed E-state index contributed by atoms with van der Waals surface area (Å²) in [6, 6.07) is 0.477. The number of likely N-dealkylation sites (N-methyl/N-ethyl adjacent to an activating group) is 1. The van der Waals surface area contributed by atoms with E-state index in [0.717, 1.165) is 0 Å². The van der Waals surface area contributed by atoms with Gasteiger partial charge in [0, 0.05) is 10.8 Å². The van der Waals surface area contributed by atoms with Gasteiger partial charge >= 0.3 is 0 Å². The van der Waals surface area contributed by atoms with Gasteiger partial charge in [-0.2, -0.15) is 11.8 Å². The van der Waals surface area contributed by atoms with E-state index in [1.165, 1.54) is 24.2 Å². The molecule has 1 rings (SSSR count). The van der Waals surface area contributed by atoms with Gasteiger partial charge in [0.1, 0.15) is 0 Å². The van der Waals surface area contributed by atoms with Crippen molar-refractivity contribution in [3.05, 3.63) is 12.2 Å². The monoisotopic (exact) mass is 185 g/mol. The van der Waals surface area contributed by atoms with Crippen LogP contribution in [0.4, 0.5) is 0 Å². The van der Waals surface area contributed by atoms with Gasteiger partial charge in [0.25, 0.3) is 0 Å². The summed E-state index contributed by atoms with van der Waals surface area (Å²) in [4.78, 5) is 0. The molecule has 1 aliphatic rings. The maximum atomic E-state index is 4.04.